The van der Waals surface area contributed by atoms with Crippen molar-refractivity contribution in [1.29, 1.82) is 0 Å². The van der Waals surface area contributed by atoms with Crippen molar-refractivity contribution in [3.05, 3.63) is 68.3 Å². The number of non-ortho nitro benzene ring substituents is 1. The van der Waals surface area contributed by atoms with Crippen LogP contribution in [-0.2, 0) is 0 Å². The zero-order valence-corrected chi connectivity index (χ0v) is 14.1. The van der Waals surface area contributed by atoms with Crippen molar-refractivity contribution in [3.63, 3.8) is 0 Å². The second-order valence-corrected chi connectivity index (χ2v) is 6.05. The number of nitro groups is 1. The third-order valence-electron chi connectivity index (χ3n) is 3.43. The molecule has 24 heavy (non-hydrogen) atoms. The summed E-state index contributed by atoms with van der Waals surface area (Å²) < 4.78 is 0.135. The first-order valence-corrected chi connectivity index (χ1v) is 7.80. The van der Waals surface area contributed by atoms with E-state index >= 15 is 0 Å². The van der Waals surface area contributed by atoms with Crippen LogP contribution in [0.2, 0.25) is 0 Å². The van der Waals surface area contributed by atoms with E-state index in [1.165, 1.54) is 18.3 Å². The van der Waals surface area contributed by atoms with Gasteiger partial charge in [-0.25, -0.2) is 0 Å². The van der Waals surface area contributed by atoms with Crippen LogP contribution in [0.4, 0.5) is 11.4 Å². The van der Waals surface area contributed by atoms with Crippen molar-refractivity contribution >= 4 is 44.4 Å². The highest BCUT2D eigenvalue weighted by Gasteiger charge is 2.09. The molecule has 0 N–H and O–H groups in total. The minimum atomic E-state index is -0.550. The summed E-state index contributed by atoms with van der Waals surface area (Å²) in [5, 5.41) is 23.9. The van der Waals surface area contributed by atoms with Gasteiger partial charge in [-0.3, -0.25) is 20.1 Å². The number of rotatable bonds is 3. The van der Waals surface area contributed by atoms with Crippen LogP contribution in [0.3, 0.4) is 0 Å². The highest BCUT2D eigenvalue weighted by atomic mass is 79.9. The first-order chi connectivity index (χ1) is 11.4. The van der Waals surface area contributed by atoms with Gasteiger partial charge in [0.1, 0.15) is 0 Å². The minimum absolute atomic E-state index is 0.135. The summed E-state index contributed by atoms with van der Waals surface area (Å²) >= 11 is 3.04. The molecule has 0 saturated carbocycles. The van der Waals surface area contributed by atoms with Crippen molar-refractivity contribution in [2.45, 2.75) is 6.92 Å². The monoisotopic (exact) mass is 384 g/mol. The van der Waals surface area contributed by atoms with Gasteiger partial charge < -0.3 is 5.11 Å². The molecule has 0 atom stereocenters. The van der Waals surface area contributed by atoms with E-state index in [2.05, 4.69) is 25.9 Å². The molecule has 0 saturated heterocycles. The molecule has 3 rings (SSSR count). The van der Waals surface area contributed by atoms with E-state index in [1.807, 2.05) is 31.2 Å². The van der Waals surface area contributed by atoms with Crippen LogP contribution in [0.25, 0.3) is 10.9 Å². The zero-order chi connectivity index (χ0) is 17.3. The second kappa shape index (κ2) is 6.37. The Kier molecular flexibility index (Phi) is 4.26. The fourth-order valence-electron chi connectivity index (χ4n) is 2.24. The molecule has 0 aliphatic heterocycles. The van der Waals surface area contributed by atoms with E-state index in [4.69, 9.17) is 0 Å². The quantitative estimate of drug-likeness (QED) is 0.387. The lowest BCUT2D eigenvalue weighted by Crippen LogP contribution is -1.99. The predicted octanol–water partition coefficient (Wildman–Crippen LogP) is 4.04. The molecule has 2 aromatic carbocycles. The van der Waals surface area contributed by atoms with Crippen molar-refractivity contribution < 1.29 is 10.0 Å². The summed E-state index contributed by atoms with van der Waals surface area (Å²) in [5.74, 6) is -0.345. The van der Waals surface area contributed by atoms with Gasteiger partial charge in [0.25, 0.3) is 5.69 Å². The van der Waals surface area contributed by atoms with Gasteiger partial charge in [-0.1, -0.05) is 27.7 Å². The lowest BCUT2D eigenvalue weighted by molar-refractivity contribution is -0.385. The van der Waals surface area contributed by atoms with Crippen molar-refractivity contribution in [1.82, 2.24) is 4.98 Å². The molecule has 0 bridgehead atoms. The number of halogens is 1. The average Bonchev–Trinajstić information content (AvgIpc) is 2.55. The third-order valence-corrected chi connectivity index (χ3v) is 4.02. The number of pyridine rings is 1. The number of nitro benzene ring substituents is 1. The molecule has 0 radical (unpaired) electrons. The van der Waals surface area contributed by atoms with Gasteiger partial charge in [-0.15, -0.1) is 0 Å². The summed E-state index contributed by atoms with van der Waals surface area (Å²) in [5.41, 5.74) is 2.40. The predicted molar refractivity (Wildman–Crippen MR) is 94.0 cm³/mol. The molecule has 0 aliphatic carbocycles. The topological polar surface area (TPSA) is 91.5 Å². The molecule has 120 valence electrons. The van der Waals surface area contributed by atoms with Crippen molar-refractivity contribution in [3.8, 4) is 5.75 Å². The molecule has 0 spiro atoms. The first kappa shape index (κ1) is 16.1. The summed E-state index contributed by atoms with van der Waals surface area (Å²) in [6, 6.07) is 11.7. The molecule has 3 aromatic rings. The Balaban J connectivity index is 1.99. The average molecular weight is 385 g/mol. The molecule has 6 nitrogen and oxygen atoms in total. The van der Waals surface area contributed by atoms with Crippen LogP contribution in [0.15, 0.2) is 51.9 Å². The highest BCUT2D eigenvalue weighted by Crippen LogP contribution is 2.30. The SMILES string of the molecule is Cc1ccc2cc(N=Cc3cc([N+](=O)[O-])cc(Br)c3[O-])ccc2n1. The van der Waals surface area contributed by atoms with Gasteiger partial charge >= 0.3 is 0 Å². The maximum Gasteiger partial charge on any atom is 0.271 e. The number of nitrogens with zero attached hydrogens (tertiary/aromatic N) is 3. The normalized spacial score (nSPS) is 11.2. The number of aromatic nitrogens is 1. The second-order valence-electron chi connectivity index (χ2n) is 5.19. The van der Waals surface area contributed by atoms with E-state index in [9.17, 15) is 15.2 Å². The van der Waals surface area contributed by atoms with E-state index in [-0.39, 0.29) is 21.5 Å². The number of benzene rings is 2. The Morgan fingerprint density at radius 3 is 2.75 bits per heavy atom. The Morgan fingerprint density at radius 2 is 2.00 bits per heavy atom. The number of aliphatic imine (C=N–C) groups is 1. The van der Waals surface area contributed by atoms with Crippen molar-refractivity contribution in [2.75, 3.05) is 0 Å². The lowest BCUT2D eigenvalue weighted by Gasteiger charge is -2.12. The molecule has 0 amide bonds. The maximum atomic E-state index is 12.0. The summed E-state index contributed by atoms with van der Waals surface area (Å²) in [4.78, 5) is 19.0. The largest absolute Gasteiger partial charge is 0.871 e. The van der Waals surface area contributed by atoms with Gasteiger partial charge in [0.2, 0.25) is 0 Å². The maximum absolute atomic E-state index is 12.0. The van der Waals surface area contributed by atoms with E-state index in [0.29, 0.717) is 5.69 Å². The number of hydrogen-bond donors (Lipinski definition) is 0. The summed E-state index contributed by atoms with van der Waals surface area (Å²) in [7, 11) is 0. The Bertz CT molecular complexity index is 986. The van der Waals surface area contributed by atoms with Gasteiger partial charge in [0, 0.05) is 33.9 Å². The number of fused-ring (bicyclic) bond motifs is 1. The van der Waals surface area contributed by atoms with Gasteiger partial charge in [0.15, 0.2) is 0 Å². The lowest BCUT2D eigenvalue weighted by atomic mass is 10.1. The molecule has 7 heteroatoms. The highest BCUT2D eigenvalue weighted by molar-refractivity contribution is 9.10. The summed E-state index contributed by atoms with van der Waals surface area (Å²) in [6.45, 7) is 1.92. The van der Waals surface area contributed by atoms with Crippen LogP contribution in [-0.4, -0.2) is 16.1 Å². The Labute approximate surface area is 145 Å². The van der Waals surface area contributed by atoms with E-state index < -0.39 is 4.92 Å². The fraction of sp³-hybridized carbons (Fsp3) is 0.0588. The van der Waals surface area contributed by atoms with Crippen LogP contribution in [0, 0.1) is 17.0 Å². The molecule has 1 aromatic heterocycles. The van der Waals surface area contributed by atoms with Crippen molar-refractivity contribution in [2.24, 2.45) is 4.99 Å². The molecule has 1 heterocycles. The molecule has 0 aliphatic rings. The van der Waals surface area contributed by atoms with Crippen LogP contribution in [0.5, 0.6) is 5.75 Å². The van der Waals surface area contributed by atoms with Crippen LogP contribution < -0.4 is 5.11 Å². The zero-order valence-electron chi connectivity index (χ0n) is 12.6. The van der Waals surface area contributed by atoms with E-state index in [1.54, 1.807) is 6.07 Å². The molecule has 0 fully saturated rings. The Hall–Kier alpha value is -2.80. The smallest absolute Gasteiger partial charge is 0.271 e. The Morgan fingerprint density at radius 1 is 1.21 bits per heavy atom. The van der Waals surface area contributed by atoms with Crippen LogP contribution in [0.1, 0.15) is 11.3 Å². The number of hydrogen-bond acceptors (Lipinski definition) is 5. The number of aryl methyl sites for hydroxylation is 1. The first-order valence-electron chi connectivity index (χ1n) is 7.00. The third kappa shape index (κ3) is 3.26. The standard InChI is InChI=1S/C17H12BrN3O3/c1-10-2-3-11-6-13(4-5-16(11)20-10)19-9-12-7-14(21(23)24)8-15(18)17(12)22/h2-9,22H,1H3/p-1. The van der Waals surface area contributed by atoms with Gasteiger partial charge in [0.05, 0.1) is 16.1 Å². The molecular formula is C17H11BrN3O3-. The van der Waals surface area contributed by atoms with Crippen LogP contribution >= 0.6 is 15.9 Å². The minimum Gasteiger partial charge on any atom is -0.871 e. The molecule has 0 unspecified atom stereocenters. The molecular weight excluding hydrogens is 374 g/mol. The fourth-order valence-corrected chi connectivity index (χ4v) is 2.70. The van der Waals surface area contributed by atoms with E-state index in [0.717, 1.165) is 16.6 Å². The summed E-state index contributed by atoms with van der Waals surface area (Å²) in [6.07, 6.45) is 1.34. The van der Waals surface area contributed by atoms with Gasteiger partial charge in [-0.05, 0) is 36.8 Å². The van der Waals surface area contributed by atoms with Gasteiger partial charge in [-0.2, -0.15) is 0 Å².